The second-order valence-electron chi connectivity index (χ2n) is 13.6. The minimum absolute atomic E-state index is 0.159. The zero-order valence-corrected chi connectivity index (χ0v) is 25.3. The number of likely N-dealkylation sites (tertiary alicyclic amines) is 1. The molecule has 1 aromatic heterocycles. The van der Waals surface area contributed by atoms with Crippen molar-refractivity contribution in [2.45, 2.75) is 65.2 Å². The van der Waals surface area contributed by atoms with Gasteiger partial charge in [0.25, 0.3) is 0 Å². The van der Waals surface area contributed by atoms with Crippen LogP contribution in [0.3, 0.4) is 0 Å². The van der Waals surface area contributed by atoms with Crippen molar-refractivity contribution in [2.24, 2.45) is 23.7 Å². The van der Waals surface area contributed by atoms with Gasteiger partial charge in [-0.1, -0.05) is 62.8 Å². The molecule has 2 aromatic carbocycles. The third kappa shape index (κ3) is 6.15. The second-order valence-corrected chi connectivity index (χ2v) is 13.6. The molecule has 2 aliphatic carbocycles. The number of urea groups is 1. The van der Waals surface area contributed by atoms with E-state index < -0.39 is 0 Å². The van der Waals surface area contributed by atoms with Crippen LogP contribution in [0.1, 0.15) is 63.3 Å². The summed E-state index contributed by atoms with van der Waals surface area (Å²) < 4.78 is 1.79. The lowest BCUT2D eigenvalue weighted by Gasteiger charge is -2.35. The van der Waals surface area contributed by atoms with E-state index in [4.69, 9.17) is 5.10 Å². The monoisotopic (exact) mass is 565 g/mol. The molecule has 2 heterocycles. The van der Waals surface area contributed by atoms with Gasteiger partial charge in [0, 0.05) is 36.2 Å². The highest BCUT2D eigenvalue weighted by Crippen LogP contribution is 2.44. The van der Waals surface area contributed by atoms with Gasteiger partial charge in [-0.15, -0.1) is 0 Å². The average Bonchev–Trinajstić information content (AvgIpc) is 3.70. The second kappa shape index (κ2) is 11.4. The Kier molecular flexibility index (Phi) is 7.69. The van der Waals surface area contributed by atoms with E-state index in [1.165, 1.54) is 17.5 Å². The first-order valence-corrected chi connectivity index (χ1v) is 15.4. The van der Waals surface area contributed by atoms with Crippen LogP contribution >= 0.6 is 0 Å². The van der Waals surface area contributed by atoms with Crippen molar-refractivity contribution in [3.8, 4) is 5.69 Å². The molecule has 0 radical (unpaired) electrons. The number of amides is 3. The van der Waals surface area contributed by atoms with Gasteiger partial charge in [-0.05, 0) is 86.6 Å². The average molecular weight is 566 g/mol. The van der Waals surface area contributed by atoms with Crippen molar-refractivity contribution < 1.29 is 9.59 Å². The molecule has 1 saturated heterocycles. The number of nitrogens with one attached hydrogen (secondary N) is 2. The van der Waals surface area contributed by atoms with E-state index >= 15 is 0 Å². The summed E-state index contributed by atoms with van der Waals surface area (Å²) in [4.78, 5) is 28.4. The summed E-state index contributed by atoms with van der Waals surface area (Å²) >= 11 is 0. The smallest absolute Gasteiger partial charge is 0.324 e. The van der Waals surface area contributed by atoms with Crippen molar-refractivity contribution in [1.82, 2.24) is 14.7 Å². The minimum Gasteiger partial charge on any atom is -0.342 e. The summed E-state index contributed by atoms with van der Waals surface area (Å²) in [6.07, 6.45) is 9.79. The normalized spacial score (nSPS) is 22.0. The standard InChI is InChI=1S/C35H43N5O2/c1-23-8-12-29(13-9-23)40-32(22-31(38-40)35(2,3)4)37-34(42)36-28-7-5-6-25(20-28)18-24-14-16-39(17-15-24)33(41)30-21-26-10-11-27(30)19-26/h5-13,20,22,24,26-27,30H,14-19,21H2,1-4H3,(H2,36,37,42). The Balaban J connectivity index is 1.06. The lowest BCUT2D eigenvalue weighted by molar-refractivity contribution is -0.137. The number of nitrogens with zero attached hydrogens (tertiary/aromatic N) is 3. The molecule has 42 heavy (non-hydrogen) atoms. The molecule has 1 aliphatic heterocycles. The lowest BCUT2D eigenvalue weighted by Crippen LogP contribution is -2.43. The summed E-state index contributed by atoms with van der Waals surface area (Å²) in [6.45, 7) is 10.1. The van der Waals surface area contributed by atoms with E-state index in [0.29, 0.717) is 29.5 Å². The summed E-state index contributed by atoms with van der Waals surface area (Å²) in [5.74, 6) is 2.84. The predicted molar refractivity (Wildman–Crippen MR) is 168 cm³/mol. The quantitative estimate of drug-likeness (QED) is 0.313. The van der Waals surface area contributed by atoms with Crippen LogP contribution in [-0.4, -0.2) is 39.7 Å². The van der Waals surface area contributed by atoms with Crippen LogP contribution in [0.4, 0.5) is 16.3 Å². The highest BCUT2D eigenvalue weighted by atomic mass is 16.2. The SMILES string of the molecule is Cc1ccc(-n2nc(C(C)(C)C)cc2NC(=O)Nc2cccc(CC3CCN(C(=O)C4CC5C=CC4C5)CC3)c2)cc1. The maximum atomic E-state index is 13.1. The fraction of sp³-hybridized carbons (Fsp3) is 0.457. The number of aryl methyl sites for hydroxylation is 1. The number of hydrogen-bond acceptors (Lipinski definition) is 3. The number of carbonyl (C=O) groups excluding carboxylic acids is 2. The van der Waals surface area contributed by atoms with Gasteiger partial charge >= 0.3 is 6.03 Å². The molecule has 6 rings (SSSR count). The van der Waals surface area contributed by atoms with Crippen LogP contribution in [0.2, 0.25) is 0 Å². The van der Waals surface area contributed by atoms with Gasteiger partial charge in [-0.2, -0.15) is 5.10 Å². The van der Waals surface area contributed by atoms with Crippen molar-refractivity contribution in [2.75, 3.05) is 23.7 Å². The van der Waals surface area contributed by atoms with Gasteiger partial charge in [-0.3, -0.25) is 10.1 Å². The lowest BCUT2D eigenvalue weighted by atomic mass is 9.87. The molecule has 3 aromatic rings. The van der Waals surface area contributed by atoms with Gasteiger partial charge in [0.1, 0.15) is 5.82 Å². The fourth-order valence-electron chi connectivity index (χ4n) is 6.76. The Morgan fingerprint density at radius 3 is 2.38 bits per heavy atom. The molecule has 7 nitrogen and oxygen atoms in total. The van der Waals surface area contributed by atoms with Gasteiger partial charge in [0.2, 0.25) is 5.91 Å². The molecule has 3 unspecified atom stereocenters. The van der Waals surface area contributed by atoms with E-state index in [1.807, 2.05) is 42.5 Å². The van der Waals surface area contributed by atoms with E-state index in [-0.39, 0.29) is 17.4 Å². The molecule has 2 bridgehead atoms. The van der Waals surface area contributed by atoms with Crippen LogP contribution in [0.5, 0.6) is 0 Å². The van der Waals surface area contributed by atoms with Crippen LogP contribution in [0.25, 0.3) is 5.69 Å². The number of allylic oxidation sites excluding steroid dienone is 2. The van der Waals surface area contributed by atoms with Crippen molar-refractivity contribution >= 4 is 23.4 Å². The predicted octanol–water partition coefficient (Wildman–Crippen LogP) is 7.12. The molecule has 7 heteroatoms. The molecule has 3 atom stereocenters. The first-order valence-electron chi connectivity index (χ1n) is 15.4. The fourth-order valence-corrected chi connectivity index (χ4v) is 6.76. The number of fused-ring (bicyclic) bond motifs is 2. The molecule has 220 valence electrons. The van der Waals surface area contributed by atoms with E-state index in [2.05, 4.69) is 67.5 Å². The largest absolute Gasteiger partial charge is 0.342 e. The molecule has 3 amide bonds. The van der Waals surface area contributed by atoms with Crippen molar-refractivity contribution in [3.63, 3.8) is 0 Å². The Bertz CT molecular complexity index is 1470. The van der Waals surface area contributed by atoms with Crippen LogP contribution < -0.4 is 10.6 Å². The van der Waals surface area contributed by atoms with Crippen molar-refractivity contribution in [3.05, 3.63) is 83.6 Å². The Hall–Kier alpha value is -3.87. The van der Waals surface area contributed by atoms with Gasteiger partial charge in [0.15, 0.2) is 0 Å². The molecular formula is C35H43N5O2. The molecule has 2 fully saturated rings. The Morgan fingerprint density at radius 1 is 0.952 bits per heavy atom. The Labute approximate surface area is 249 Å². The van der Waals surface area contributed by atoms with Crippen LogP contribution in [0, 0.1) is 30.6 Å². The molecular weight excluding hydrogens is 522 g/mol. The summed E-state index contributed by atoms with van der Waals surface area (Å²) in [6, 6.07) is 17.9. The van der Waals surface area contributed by atoms with Gasteiger partial charge < -0.3 is 10.2 Å². The summed E-state index contributed by atoms with van der Waals surface area (Å²) in [5.41, 5.74) is 4.78. The first-order chi connectivity index (χ1) is 20.1. The number of anilines is 2. The van der Waals surface area contributed by atoms with Crippen LogP contribution in [0.15, 0.2) is 66.7 Å². The van der Waals surface area contributed by atoms with E-state index in [1.54, 1.807) is 4.68 Å². The zero-order valence-electron chi connectivity index (χ0n) is 25.3. The molecule has 3 aliphatic rings. The maximum absolute atomic E-state index is 13.1. The third-order valence-electron chi connectivity index (χ3n) is 9.23. The van der Waals surface area contributed by atoms with E-state index in [0.717, 1.165) is 55.8 Å². The topological polar surface area (TPSA) is 79.3 Å². The molecule has 2 N–H and O–H groups in total. The third-order valence-corrected chi connectivity index (χ3v) is 9.23. The number of benzene rings is 2. The highest BCUT2D eigenvalue weighted by Gasteiger charge is 2.42. The number of carbonyl (C=O) groups is 2. The molecule has 0 spiro atoms. The highest BCUT2D eigenvalue weighted by molar-refractivity contribution is 5.99. The number of aromatic nitrogens is 2. The zero-order chi connectivity index (χ0) is 29.4. The van der Waals surface area contributed by atoms with Gasteiger partial charge in [-0.25, -0.2) is 9.48 Å². The molecule has 1 saturated carbocycles. The summed E-state index contributed by atoms with van der Waals surface area (Å²) in [7, 11) is 0. The maximum Gasteiger partial charge on any atom is 0.324 e. The minimum atomic E-state index is -0.303. The number of hydrogen-bond donors (Lipinski definition) is 2. The van der Waals surface area contributed by atoms with Crippen molar-refractivity contribution in [1.29, 1.82) is 0 Å². The first kappa shape index (κ1) is 28.3. The number of piperidine rings is 1. The Morgan fingerprint density at radius 2 is 1.71 bits per heavy atom. The van der Waals surface area contributed by atoms with E-state index in [9.17, 15) is 9.59 Å². The van der Waals surface area contributed by atoms with Crippen LogP contribution in [-0.2, 0) is 16.6 Å². The number of rotatable bonds is 6. The summed E-state index contributed by atoms with van der Waals surface area (Å²) in [5, 5.41) is 10.9. The van der Waals surface area contributed by atoms with Gasteiger partial charge in [0.05, 0.1) is 11.4 Å².